The number of amides is 1. The van der Waals surface area contributed by atoms with Gasteiger partial charge in [0.05, 0.1) is 12.1 Å². The molecule has 1 aromatic heterocycles. The topological polar surface area (TPSA) is 63.4 Å². The van der Waals surface area contributed by atoms with E-state index in [9.17, 15) is 9.59 Å². The van der Waals surface area contributed by atoms with Gasteiger partial charge in [-0.3, -0.25) is 9.59 Å². The maximum atomic E-state index is 13.1. The molecule has 0 saturated carbocycles. The van der Waals surface area contributed by atoms with Gasteiger partial charge in [-0.25, -0.2) is 0 Å². The number of benzene rings is 2. The Hall–Kier alpha value is -3.21. The van der Waals surface area contributed by atoms with Crippen molar-refractivity contribution < 1.29 is 14.1 Å². The van der Waals surface area contributed by atoms with Gasteiger partial charge in [-0.2, -0.15) is 0 Å². The summed E-state index contributed by atoms with van der Waals surface area (Å²) in [5.74, 6) is 0.120. The first-order valence-corrected chi connectivity index (χ1v) is 9.03. The van der Waals surface area contributed by atoms with Gasteiger partial charge in [-0.05, 0) is 24.5 Å². The van der Waals surface area contributed by atoms with Crippen molar-refractivity contribution in [3.63, 3.8) is 0 Å². The van der Waals surface area contributed by atoms with Crippen LogP contribution in [-0.4, -0.2) is 28.3 Å². The van der Waals surface area contributed by atoms with Crippen LogP contribution in [0.4, 0.5) is 0 Å². The minimum atomic E-state index is -0.126. The third-order valence-corrected chi connectivity index (χ3v) is 4.98. The number of carbonyl (C=O) groups excluding carboxylic acids is 2. The summed E-state index contributed by atoms with van der Waals surface area (Å²) in [6.45, 7) is 2.95. The van der Waals surface area contributed by atoms with Gasteiger partial charge in [0.1, 0.15) is 5.56 Å². The summed E-state index contributed by atoms with van der Waals surface area (Å²) in [7, 11) is 0. The summed E-state index contributed by atoms with van der Waals surface area (Å²) in [4.78, 5) is 27.5. The summed E-state index contributed by atoms with van der Waals surface area (Å²) in [6.07, 6.45) is 0.848. The van der Waals surface area contributed by atoms with E-state index in [1.54, 1.807) is 24.0 Å². The van der Waals surface area contributed by atoms with Crippen molar-refractivity contribution in [1.29, 1.82) is 0 Å². The van der Waals surface area contributed by atoms with Crippen molar-refractivity contribution in [3.8, 4) is 0 Å². The first kappa shape index (κ1) is 17.2. The highest BCUT2D eigenvalue weighted by Crippen LogP contribution is 2.24. The zero-order chi connectivity index (χ0) is 18.8. The number of aryl methyl sites for hydroxylation is 1. The lowest BCUT2D eigenvalue weighted by Crippen LogP contribution is -2.36. The fraction of sp³-hybridized carbons (Fsp3) is 0.227. The highest BCUT2D eigenvalue weighted by atomic mass is 16.5. The minimum Gasteiger partial charge on any atom is -0.360 e. The van der Waals surface area contributed by atoms with Crippen molar-refractivity contribution in [3.05, 3.63) is 88.3 Å². The second kappa shape index (κ2) is 7.19. The summed E-state index contributed by atoms with van der Waals surface area (Å²) in [5.41, 5.74) is 3.97. The molecular formula is C22H20N2O3. The van der Waals surface area contributed by atoms with Crippen molar-refractivity contribution in [2.75, 3.05) is 6.54 Å². The molecule has 2 heterocycles. The zero-order valence-electron chi connectivity index (χ0n) is 15.1. The van der Waals surface area contributed by atoms with Crippen molar-refractivity contribution in [2.24, 2.45) is 0 Å². The molecule has 0 atom stereocenters. The monoisotopic (exact) mass is 360 g/mol. The lowest BCUT2D eigenvalue weighted by Gasteiger charge is -2.28. The molecule has 1 aliphatic rings. The van der Waals surface area contributed by atoms with Crippen LogP contribution in [0, 0.1) is 6.92 Å². The van der Waals surface area contributed by atoms with Gasteiger partial charge < -0.3 is 9.42 Å². The molecule has 136 valence electrons. The molecular weight excluding hydrogens is 340 g/mol. The fourth-order valence-electron chi connectivity index (χ4n) is 3.51. The number of ketones is 1. The van der Waals surface area contributed by atoms with Gasteiger partial charge >= 0.3 is 0 Å². The standard InChI is InChI=1S/C22H20N2O3/c1-15-21(20(27-23-15)13-19(25)17-8-3-2-4-9-17)22(26)24-12-11-16-7-5-6-10-18(16)14-24/h2-10H,11-14H2,1H3. The molecule has 0 spiro atoms. The number of fused-ring (bicyclic) bond motifs is 1. The van der Waals surface area contributed by atoms with Crippen LogP contribution in [0.5, 0.6) is 0 Å². The predicted molar refractivity (Wildman–Crippen MR) is 101 cm³/mol. The number of carbonyl (C=O) groups is 2. The molecule has 1 aliphatic heterocycles. The number of nitrogens with zero attached hydrogens (tertiary/aromatic N) is 2. The number of hydrogen-bond acceptors (Lipinski definition) is 4. The normalized spacial score (nSPS) is 13.3. The molecule has 5 heteroatoms. The third kappa shape index (κ3) is 3.40. The van der Waals surface area contributed by atoms with E-state index in [2.05, 4.69) is 17.3 Å². The summed E-state index contributed by atoms with van der Waals surface area (Å²) in [6, 6.07) is 17.2. The number of hydrogen-bond donors (Lipinski definition) is 0. The van der Waals surface area contributed by atoms with Crippen LogP contribution < -0.4 is 0 Å². The number of aromatic nitrogens is 1. The molecule has 0 saturated heterocycles. The van der Waals surface area contributed by atoms with Crippen LogP contribution >= 0.6 is 0 Å². The molecule has 0 aliphatic carbocycles. The average Bonchev–Trinajstić information content (AvgIpc) is 3.07. The van der Waals surface area contributed by atoms with Gasteiger partial charge in [0.25, 0.3) is 5.91 Å². The number of rotatable bonds is 4. The molecule has 27 heavy (non-hydrogen) atoms. The van der Waals surface area contributed by atoms with Gasteiger partial charge in [0.2, 0.25) is 0 Å². The predicted octanol–water partition coefficient (Wildman–Crippen LogP) is 3.61. The quantitative estimate of drug-likeness (QED) is 0.667. The Morgan fingerprint density at radius 3 is 2.52 bits per heavy atom. The lowest BCUT2D eigenvalue weighted by molar-refractivity contribution is 0.0732. The van der Waals surface area contributed by atoms with Crippen LogP contribution in [0.25, 0.3) is 0 Å². The van der Waals surface area contributed by atoms with E-state index in [-0.39, 0.29) is 18.1 Å². The van der Waals surface area contributed by atoms with E-state index in [0.717, 1.165) is 12.0 Å². The van der Waals surface area contributed by atoms with Gasteiger partial charge in [-0.1, -0.05) is 59.8 Å². The highest BCUT2D eigenvalue weighted by Gasteiger charge is 2.28. The number of Topliss-reactive ketones (excluding diaryl/α,β-unsaturated/α-hetero) is 1. The van der Waals surface area contributed by atoms with Crippen LogP contribution in [0.15, 0.2) is 59.1 Å². The molecule has 2 aromatic carbocycles. The Morgan fingerprint density at radius 2 is 1.74 bits per heavy atom. The Morgan fingerprint density at radius 1 is 1.04 bits per heavy atom. The summed E-state index contributed by atoms with van der Waals surface area (Å²) in [5, 5.41) is 3.95. The second-order valence-corrected chi connectivity index (χ2v) is 6.78. The third-order valence-electron chi connectivity index (χ3n) is 4.98. The van der Waals surface area contributed by atoms with Crippen LogP contribution in [-0.2, 0) is 19.4 Å². The van der Waals surface area contributed by atoms with E-state index >= 15 is 0 Å². The molecule has 3 aromatic rings. The van der Waals surface area contributed by atoms with Gasteiger partial charge in [0.15, 0.2) is 11.5 Å². The van der Waals surface area contributed by atoms with Crippen LogP contribution in [0.2, 0.25) is 0 Å². The van der Waals surface area contributed by atoms with E-state index in [1.807, 2.05) is 30.3 Å². The molecule has 0 unspecified atom stereocenters. The fourth-order valence-corrected chi connectivity index (χ4v) is 3.51. The lowest BCUT2D eigenvalue weighted by atomic mass is 9.98. The first-order chi connectivity index (χ1) is 13.1. The minimum absolute atomic E-state index is 0.0242. The summed E-state index contributed by atoms with van der Waals surface area (Å²) >= 11 is 0. The smallest absolute Gasteiger partial charge is 0.259 e. The Labute approximate surface area is 157 Å². The molecule has 5 nitrogen and oxygen atoms in total. The molecule has 0 N–H and O–H groups in total. The SMILES string of the molecule is Cc1noc(CC(=O)c2ccccc2)c1C(=O)N1CCc2ccccc2C1. The summed E-state index contributed by atoms with van der Waals surface area (Å²) < 4.78 is 5.35. The largest absolute Gasteiger partial charge is 0.360 e. The van der Waals surface area contributed by atoms with E-state index in [4.69, 9.17) is 4.52 Å². The van der Waals surface area contributed by atoms with E-state index in [1.165, 1.54) is 5.56 Å². The van der Waals surface area contributed by atoms with Gasteiger partial charge in [-0.15, -0.1) is 0 Å². The van der Waals surface area contributed by atoms with E-state index in [0.29, 0.717) is 35.7 Å². The Balaban J connectivity index is 1.57. The van der Waals surface area contributed by atoms with Crippen molar-refractivity contribution in [2.45, 2.75) is 26.3 Å². The molecule has 1 amide bonds. The highest BCUT2D eigenvalue weighted by molar-refractivity contribution is 6.01. The van der Waals surface area contributed by atoms with Crippen molar-refractivity contribution >= 4 is 11.7 Å². The maximum Gasteiger partial charge on any atom is 0.259 e. The zero-order valence-corrected chi connectivity index (χ0v) is 15.1. The first-order valence-electron chi connectivity index (χ1n) is 9.03. The average molecular weight is 360 g/mol. The molecule has 0 radical (unpaired) electrons. The van der Waals surface area contributed by atoms with E-state index < -0.39 is 0 Å². The van der Waals surface area contributed by atoms with Crippen LogP contribution in [0.3, 0.4) is 0 Å². The van der Waals surface area contributed by atoms with Crippen LogP contribution in [0.1, 0.15) is 43.3 Å². The molecule has 4 rings (SSSR count). The second-order valence-electron chi connectivity index (χ2n) is 6.78. The van der Waals surface area contributed by atoms with Gasteiger partial charge in [0, 0.05) is 18.7 Å². The maximum absolute atomic E-state index is 13.1. The molecule has 0 bridgehead atoms. The Bertz CT molecular complexity index is 992. The van der Waals surface area contributed by atoms with Crippen molar-refractivity contribution in [1.82, 2.24) is 10.1 Å². The molecule has 0 fully saturated rings. The Kier molecular flexibility index (Phi) is 4.59.